The van der Waals surface area contributed by atoms with Crippen LogP contribution in [0.15, 0.2) is 0 Å². The topological polar surface area (TPSA) is 26.0 Å². The van der Waals surface area contributed by atoms with Crippen molar-refractivity contribution in [2.45, 2.75) is 67.7 Å². The third-order valence-electron chi connectivity index (χ3n) is 4.92. The maximum atomic E-state index is 5.95. The zero-order chi connectivity index (χ0) is 14.3. The highest BCUT2D eigenvalue weighted by Gasteiger charge is 2.21. The minimum atomic E-state index is 0.713. The predicted molar refractivity (Wildman–Crippen MR) is 83.6 cm³/mol. The van der Waals surface area contributed by atoms with E-state index in [-0.39, 0.29) is 0 Å². The van der Waals surface area contributed by atoms with E-state index < -0.39 is 0 Å². The van der Waals surface area contributed by atoms with Gasteiger partial charge in [0.1, 0.15) is 0 Å². The molecule has 0 aromatic heterocycles. The minimum Gasteiger partial charge on any atom is -0.330 e. The Bertz CT molecular complexity index is 188. The monoisotopic (exact) mass is 255 g/mol. The molecule has 2 N–H and O–H groups in total. The van der Waals surface area contributed by atoms with Gasteiger partial charge in [0.2, 0.25) is 0 Å². The number of rotatable bonds is 9. The summed E-state index contributed by atoms with van der Waals surface area (Å²) < 4.78 is 0. The third-order valence-corrected chi connectivity index (χ3v) is 4.92. The lowest BCUT2D eigenvalue weighted by molar-refractivity contribution is 0.227. The molecule has 0 aliphatic rings. The first kappa shape index (κ1) is 18.0. The molecule has 110 valence electrons. The molecule has 0 saturated heterocycles. The van der Waals surface area contributed by atoms with Gasteiger partial charge in [-0.1, -0.05) is 54.9 Å². The molecule has 0 fully saturated rings. The van der Waals surface area contributed by atoms with Gasteiger partial charge in [0, 0.05) is 0 Å². The summed E-state index contributed by atoms with van der Waals surface area (Å²) in [7, 11) is 0. The SMILES string of the molecule is CC(C)C(CCCC(CN)[C@@H](C)C(C)C)C(C)C. The third kappa shape index (κ3) is 6.22. The van der Waals surface area contributed by atoms with E-state index in [0.29, 0.717) is 5.92 Å². The minimum absolute atomic E-state index is 0.713. The van der Waals surface area contributed by atoms with Crippen LogP contribution in [0.25, 0.3) is 0 Å². The van der Waals surface area contributed by atoms with Gasteiger partial charge in [-0.3, -0.25) is 0 Å². The van der Waals surface area contributed by atoms with Crippen LogP contribution in [-0.2, 0) is 0 Å². The van der Waals surface area contributed by atoms with Crippen LogP contribution >= 0.6 is 0 Å². The lowest BCUT2D eigenvalue weighted by Gasteiger charge is -2.28. The quantitative estimate of drug-likeness (QED) is 0.619. The van der Waals surface area contributed by atoms with Crippen molar-refractivity contribution in [3.63, 3.8) is 0 Å². The second-order valence-electron chi connectivity index (χ2n) is 7.18. The van der Waals surface area contributed by atoms with E-state index in [9.17, 15) is 0 Å². The Morgan fingerprint density at radius 2 is 1.22 bits per heavy atom. The van der Waals surface area contributed by atoms with Gasteiger partial charge >= 0.3 is 0 Å². The molecule has 0 aliphatic heterocycles. The summed E-state index contributed by atoms with van der Waals surface area (Å²) in [5.74, 6) is 4.71. The molecule has 1 unspecified atom stereocenters. The second kappa shape index (κ2) is 8.96. The Morgan fingerprint density at radius 3 is 1.56 bits per heavy atom. The molecule has 0 saturated carbocycles. The first-order valence-electron chi connectivity index (χ1n) is 8.01. The molecule has 0 bridgehead atoms. The fraction of sp³-hybridized carbons (Fsp3) is 1.00. The van der Waals surface area contributed by atoms with Crippen LogP contribution in [0.4, 0.5) is 0 Å². The number of nitrogens with two attached hydrogens (primary N) is 1. The summed E-state index contributed by atoms with van der Waals surface area (Å²) in [6.45, 7) is 17.3. The molecule has 1 heteroatoms. The Hall–Kier alpha value is -0.0400. The van der Waals surface area contributed by atoms with Crippen molar-refractivity contribution in [3.05, 3.63) is 0 Å². The van der Waals surface area contributed by atoms with Crippen molar-refractivity contribution in [1.29, 1.82) is 0 Å². The summed E-state index contributed by atoms with van der Waals surface area (Å²) in [5, 5.41) is 0. The lowest BCUT2D eigenvalue weighted by atomic mass is 9.78. The summed E-state index contributed by atoms with van der Waals surface area (Å²) in [6, 6.07) is 0. The summed E-state index contributed by atoms with van der Waals surface area (Å²) in [5.41, 5.74) is 5.95. The molecule has 0 heterocycles. The van der Waals surface area contributed by atoms with E-state index in [1.807, 2.05) is 0 Å². The van der Waals surface area contributed by atoms with Crippen LogP contribution in [-0.4, -0.2) is 6.54 Å². The molecule has 2 atom stereocenters. The standard InChI is InChI=1S/C17H37N/c1-12(2)15(7)16(11-18)9-8-10-17(13(3)4)14(5)6/h12-17H,8-11,18H2,1-7H3/t15-,16?/m0/s1. The average Bonchev–Trinajstić information content (AvgIpc) is 2.27. The van der Waals surface area contributed by atoms with Crippen LogP contribution < -0.4 is 5.73 Å². The van der Waals surface area contributed by atoms with Crippen molar-refractivity contribution < 1.29 is 0 Å². The zero-order valence-corrected chi connectivity index (χ0v) is 13.9. The molecule has 0 aromatic carbocycles. The van der Waals surface area contributed by atoms with E-state index in [4.69, 9.17) is 5.73 Å². The normalized spacial score (nSPS) is 16.0. The summed E-state index contributed by atoms with van der Waals surface area (Å²) >= 11 is 0. The largest absolute Gasteiger partial charge is 0.330 e. The Morgan fingerprint density at radius 1 is 0.722 bits per heavy atom. The molecule has 0 amide bonds. The molecule has 0 spiro atoms. The van der Waals surface area contributed by atoms with E-state index in [0.717, 1.165) is 36.1 Å². The molecular weight excluding hydrogens is 218 g/mol. The van der Waals surface area contributed by atoms with Gasteiger partial charge in [-0.15, -0.1) is 0 Å². The van der Waals surface area contributed by atoms with E-state index >= 15 is 0 Å². The molecule has 18 heavy (non-hydrogen) atoms. The van der Waals surface area contributed by atoms with Gasteiger partial charge in [-0.05, 0) is 54.9 Å². The van der Waals surface area contributed by atoms with E-state index in [1.54, 1.807) is 0 Å². The smallest absolute Gasteiger partial charge is 0.00462 e. The van der Waals surface area contributed by atoms with Crippen LogP contribution in [0.2, 0.25) is 0 Å². The maximum absolute atomic E-state index is 5.95. The molecular formula is C17H37N. The van der Waals surface area contributed by atoms with Crippen LogP contribution in [0, 0.1) is 35.5 Å². The van der Waals surface area contributed by atoms with Crippen molar-refractivity contribution >= 4 is 0 Å². The highest BCUT2D eigenvalue weighted by Crippen LogP contribution is 2.29. The Kier molecular flexibility index (Phi) is 8.94. The molecule has 0 rings (SSSR count). The van der Waals surface area contributed by atoms with Gasteiger partial charge in [-0.25, -0.2) is 0 Å². The van der Waals surface area contributed by atoms with Crippen molar-refractivity contribution in [1.82, 2.24) is 0 Å². The first-order chi connectivity index (χ1) is 8.31. The summed E-state index contributed by atoms with van der Waals surface area (Å²) in [6.07, 6.45) is 4.03. The Balaban J connectivity index is 4.14. The lowest BCUT2D eigenvalue weighted by Crippen LogP contribution is -2.25. The van der Waals surface area contributed by atoms with Crippen molar-refractivity contribution in [2.24, 2.45) is 41.2 Å². The van der Waals surface area contributed by atoms with Crippen LogP contribution in [0.1, 0.15) is 67.7 Å². The second-order valence-corrected chi connectivity index (χ2v) is 7.18. The van der Waals surface area contributed by atoms with Gasteiger partial charge in [0.15, 0.2) is 0 Å². The molecule has 1 nitrogen and oxygen atoms in total. The first-order valence-corrected chi connectivity index (χ1v) is 8.01. The van der Waals surface area contributed by atoms with Gasteiger partial charge < -0.3 is 5.73 Å². The highest BCUT2D eigenvalue weighted by atomic mass is 14.6. The average molecular weight is 255 g/mol. The number of hydrogen-bond donors (Lipinski definition) is 1. The summed E-state index contributed by atoms with van der Waals surface area (Å²) in [4.78, 5) is 0. The highest BCUT2D eigenvalue weighted by molar-refractivity contribution is 4.72. The van der Waals surface area contributed by atoms with Gasteiger partial charge in [-0.2, -0.15) is 0 Å². The fourth-order valence-corrected chi connectivity index (χ4v) is 3.19. The van der Waals surface area contributed by atoms with Gasteiger partial charge in [0.05, 0.1) is 0 Å². The van der Waals surface area contributed by atoms with Crippen molar-refractivity contribution in [3.8, 4) is 0 Å². The van der Waals surface area contributed by atoms with Gasteiger partial charge in [0.25, 0.3) is 0 Å². The van der Waals surface area contributed by atoms with Crippen molar-refractivity contribution in [2.75, 3.05) is 6.54 Å². The zero-order valence-electron chi connectivity index (χ0n) is 13.9. The fourth-order valence-electron chi connectivity index (χ4n) is 3.19. The predicted octanol–water partition coefficient (Wildman–Crippen LogP) is 4.95. The molecule has 0 radical (unpaired) electrons. The van der Waals surface area contributed by atoms with Crippen LogP contribution in [0.5, 0.6) is 0 Å². The molecule has 0 aliphatic carbocycles. The maximum Gasteiger partial charge on any atom is -0.00462 e. The Labute approximate surface area is 116 Å². The number of hydrogen-bond acceptors (Lipinski definition) is 1. The molecule has 0 aromatic rings. The van der Waals surface area contributed by atoms with Crippen LogP contribution in [0.3, 0.4) is 0 Å². The van der Waals surface area contributed by atoms with E-state index in [2.05, 4.69) is 48.5 Å². The van der Waals surface area contributed by atoms with E-state index in [1.165, 1.54) is 19.3 Å².